The zero-order valence-corrected chi connectivity index (χ0v) is 8.53. The third kappa shape index (κ3) is 2.72. The molecular formula is C10H17NO3. The zero-order chi connectivity index (χ0) is 10.6. The van der Waals surface area contributed by atoms with Gasteiger partial charge in [0.05, 0.1) is 0 Å². The molecule has 0 aromatic heterocycles. The van der Waals surface area contributed by atoms with Crippen molar-refractivity contribution in [2.45, 2.75) is 45.1 Å². The second kappa shape index (κ2) is 4.98. The number of aliphatic carboxylic acids is 1. The summed E-state index contributed by atoms with van der Waals surface area (Å²) in [5.41, 5.74) is 0. The van der Waals surface area contributed by atoms with Gasteiger partial charge in [0.1, 0.15) is 0 Å². The van der Waals surface area contributed by atoms with Gasteiger partial charge in [-0.3, -0.25) is 9.59 Å². The summed E-state index contributed by atoms with van der Waals surface area (Å²) in [6.45, 7) is 2.79. The summed E-state index contributed by atoms with van der Waals surface area (Å²) in [5.74, 6) is -0.594. The van der Waals surface area contributed by atoms with Crippen molar-refractivity contribution in [2.75, 3.05) is 6.54 Å². The van der Waals surface area contributed by atoms with Crippen molar-refractivity contribution in [2.24, 2.45) is 0 Å². The first-order valence-corrected chi connectivity index (χ1v) is 5.16. The molecule has 0 unspecified atom stereocenters. The molecule has 1 amide bonds. The predicted octanol–water partition coefficient (Wildman–Crippen LogP) is 1.25. The average Bonchev–Trinajstić information content (AvgIpc) is 2.46. The van der Waals surface area contributed by atoms with Gasteiger partial charge in [-0.1, -0.05) is 6.92 Å². The van der Waals surface area contributed by atoms with Crippen LogP contribution >= 0.6 is 0 Å². The SMILES string of the molecule is CCCN1C(=O)CC[C@H]1CCC(=O)O. The van der Waals surface area contributed by atoms with Crippen molar-refractivity contribution in [1.82, 2.24) is 4.90 Å². The summed E-state index contributed by atoms with van der Waals surface area (Å²) in [7, 11) is 0. The molecule has 0 aliphatic carbocycles. The highest BCUT2D eigenvalue weighted by molar-refractivity contribution is 5.78. The highest BCUT2D eigenvalue weighted by atomic mass is 16.4. The first kappa shape index (κ1) is 11.0. The summed E-state index contributed by atoms with van der Waals surface area (Å²) in [6.07, 6.45) is 3.12. The molecule has 1 aliphatic rings. The number of carboxylic acid groups (broad SMARTS) is 1. The van der Waals surface area contributed by atoms with Crippen LogP contribution in [0.25, 0.3) is 0 Å². The van der Waals surface area contributed by atoms with Gasteiger partial charge in [-0.2, -0.15) is 0 Å². The van der Waals surface area contributed by atoms with Gasteiger partial charge in [-0.15, -0.1) is 0 Å². The Morgan fingerprint density at radius 3 is 2.93 bits per heavy atom. The van der Waals surface area contributed by atoms with Crippen LogP contribution in [0.3, 0.4) is 0 Å². The van der Waals surface area contributed by atoms with E-state index in [1.54, 1.807) is 0 Å². The van der Waals surface area contributed by atoms with E-state index in [0.29, 0.717) is 12.8 Å². The summed E-state index contributed by atoms with van der Waals surface area (Å²) in [4.78, 5) is 23.6. The largest absolute Gasteiger partial charge is 0.481 e. The number of likely N-dealkylation sites (tertiary alicyclic amines) is 1. The second-order valence-electron chi connectivity index (χ2n) is 3.71. The fourth-order valence-corrected chi connectivity index (χ4v) is 1.93. The smallest absolute Gasteiger partial charge is 0.303 e. The van der Waals surface area contributed by atoms with Crippen LogP contribution in [0.5, 0.6) is 0 Å². The molecule has 0 saturated carbocycles. The van der Waals surface area contributed by atoms with Crippen LogP contribution in [-0.2, 0) is 9.59 Å². The van der Waals surface area contributed by atoms with E-state index in [0.717, 1.165) is 19.4 Å². The highest BCUT2D eigenvalue weighted by Crippen LogP contribution is 2.22. The first-order valence-electron chi connectivity index (χ1n) is 5.16. The molecule has 1 aliphatic heterocycles. The number of amides is 1. The summed E-state index contributed by atoms with van der Waals surface area (Å²) in [5, 5.41) is 8.55. The van der Waals surface area contributed by atoms with Gasteiger partial charge in [0, 0.05) is 25.4 Å². The molecule has 1 rings (SSSR count). The van der Waals surface area contributed by atoms with Crippen LogP contribution in [0.4, 0.5) is 0 Å². The van der Waals surface area contributed by atoms with Crippen molar-refractivity contribution >= 4 is 11.9 Å². The van der Waals surface area contributed by atoms with Gasteiger partial charge in [-0.25, -0.2) is 0 Å². The van der Waals surface area contributed by atoms with E-state index in [1.165, 1.54) is 0 Å². The minimum atomic E-state index is -0.777. The van der Waals surface area contributed by atoms with Gasteiger partial charge in [0.25, 0.3) is 0 Å². The maximum atomic E-state index is 11.4. The van der Waals surface area contributed by atoms with Gasteiger partial charge >= 0.3 is 5.97 Å². The van der Waals surface area contributed by atoms with Gasteiger partial charge in [0.15, 0.2) is 0 Å². The number of rotatable bonds is 5. The predicted molar refractivity (Wildman–Crippen MR) is 51.9 cm³/mol. The maximum Gasteiger partial charge on any atom is 0.303 e. The Morgan fingerprint density at radius 1 is 1.64 bits per heavy atom. The number of nitrogens with zero attached hydrogens (tertiary/aromatic N) is 1. The monoisotopic (exact) mass is 199 g/mol. The summed E-state index contributed by atoms with van der Waals surface area (Å²) < 4.78 is 0. The van der Waals surface area contributed by atoms with E-state index in [4.69, 9.17) is 5.11 Å². The van der Waals surface area contributed by atoms with E-state index in [2.05, 4.69) is 0 Å². The van der Waals surface area contributed by atoms with E-state index >= 15 is 0 Å². The minimum Gasteiger partial charge on any atom is -0.481 e. The highest BCUT2D eigenvalue weighted by Gasteiger charge is 2.29. The molecular weight excluding hydrogens is 182 g/mol. The number of carbonyl (C=O) groups is 2. The molecule has 0 spiro atoms. The van der Waals surface area contributed by atoms with Gasteiger partial charge in [0.2, 0.25) is 5.91 Å². The van der Waals surface area contributed by atoms with Crippen LogP contribution in [0, 0.1) is 0 Å². The molecule has 0 aromatic rings. The fourth-order valence-electron chi connectivity index (χ4n) is 1.93. The molecule has 80 valence electrons. The maximum absolute atomic E-state index is 11.4. The van der Waals surface area contributed by atoms with E-state index in [1.807, 2.05) is 11.8 Å². The van der Waals surface area contributed by atoms with Crippen molar-refractivity contribution in [1.29, 1.82) is 0 Å². The Hall–Kier alpha value is -1.06. The van der Waals surface area contributed by atoms with Crippen molar-refractivity contribution < 1.29 is 14.7 Å². The molecule has 1 fully saturated rings. The standard InChI is InChI=1S/C10H17NO3/c1-2-7-11-8(3-5-9(11)12)4-6-10(13)14/h8H,2-7H2,1H3,(H,13,14)/t8-/m0/s1. The van der Waals surface area contributed by atoms with E-state index in [-0.39, 0.29) is 18.4 Å². The molecule has 1 saturated heterocycles. The van der Waals surface area contributed by atoms with Crippen molar-refractivity contribution in [3.8, 4) is 0 Å². The lowest BCUT2D eigenvalue weighted by Crippen LogP contribution is -2.33. The lowest BCUT2D eigenvalue weighted by molar-refractivity contribution is -0.138. The quantitative estimate of drug-likeness (QED) is 0.725. The Labute approximate surface area is 83.9 Å². The molecule has 4 heteroatoms. The average molecular weight is 199 g/mol. The topological polar surface area (TPSA) is 57.6 Å². The third-order valence-electron chi connectivity index (χ3n) is 2.61. The number of carboxylic acids is 1. The molecule has 1 atom stereocenters. The third-order valence-corrected chi connectivity index (χ3v) is 2.61. The lowest BCUT2D eigenvalue weighted by Gasteiger charge is -2.23. The molecule has 14 heavy (non-hydrogen) atoms. The van der Waals surface area contributed by atoms with Crippen molar-refractivity contribution in [3.63, 3.8) is 0 Å². The molecule has 0 aromatic carbocycles. The number of carbonyl (C=O) groups excluding carboxylic acids is 1. The number of hydrogen-bond donors (Lipinski definition) is 1. The van der Waals surface area contributed by atoms with Gasteiger partial charge in [-0.05, 0) is 19.3 Å². The molecule has 0 radical (unpaired) electrons. The lowest BCUT2D eigenvalue weighted by atomic mass is 10.1. The van der Waals surface area contributed by atoms with Crippen LogP contribution in [0.2, 0.25) is 0 Å². The fraction of sp³-hybridized carbons (Fsp3) is 0.800. The Morgan fingerprint density at radius 2 is 2.36 bits per heavy atom. The zero-order valence-electron chi connectivity index (χ0n) is 8.53. The van der Waals surface area contributed by atoms with Gasteiger partial charge < -0.3 is 10.0 Å². The second-order valence-corrected chi connectivity index (χ2v) is 3.71. The van der Waals surface area contributed by atoms with Crippen LogP contribution in [0.1, 0.15) is 39.0 Å². The molecule has 4 nitrogen and oxygen atoms in total. The van der Waals surface area contributed by atoms with E-state index in [9.17, 15) is 9.59 Å². The molecule has 1 N–H and O–H groups in total. The van der Waals surface area contributed by atoms with Crippen LogP contribution in [0.15, 0.2) is 0 Å². The summed E-state index contributed by atoms with van der Waals surface area (Å²) in [6, 6.07) is 0.165. The Balaban J connectivity index is 2.42. The summed E-state index contributed by atoms with van der Waals surface area (Å²) >= 11 is 0. The number of hydrogen-bond acceptors (Lipinski definition) is 2. The van der Waals surface area contributed by atoms with Crippen LogP contribution < -0.4 is 0 Å². The molecule has 0 bridgehead atoms. The first-order chi connectivity index (χ1) is 6.65. The van der Waals surface area contributed by atoms with Crippen LogP contribution in [-0.4, -0.2) is 34.5 Å². The van der Waals surface area contributed by atoms with Crippen molar-refractivity contribution in [3.05, 3.63) is 0 Å². The Bertz CT molecular complexity index is 227. The Kier molecular flexibility index (Phi) is 3.92. The van der Waals surface area contributed by atoms with E-state index < -0.39 is 5.97 Å². The minimum absolute atomic E-state index is 0.165. The molecule has 1 heterocycles. The normalized spacial score (nSPS) is 21.6.